The number of β-amino-alcohol motifs (C(OH)–C–C–N with tert-alkyl or cyclic N) is 1. The van der Waals surface area contributed by atoms with Gasteiger partial charge >= 0.3 is 0 Å². The van der Waals surface area contributed by atoms with E-state index in [1.165, 1.54) is 12.8 Å². The quantitative estimate of drug-likeness (QED) is 0.714. The highest BCUT2D eigenvalue weighted by Gasteiger charge is 2.30. The van der Waals surface area contributed by atoms with Crippen LogP contribution in [-0.4, -0.2) is 36.5 Å². The monoisotopic (exact) mass is 199 g/mol. The van der Waals surface area contributed by atoms with Crippen LogP contribution in [0.5, 0.6) is 0 Å². The highest BCUT2D eigenvalue weighted by Crippen LogP contribution is 2.25. The number of aliphatic hydroxyl groups is 1. The molecule has 2 rings (SSSR count). The average molecular weight is 199 g/mol. The van der Waals surface area contributed by atoms with Crippen LogP contribution >= 0.6 is 0 Å². The standard InChI is InChI=1S/C11H21NO2/c13-11(5-2-7-12-9-11)6-4-10-3-1-8-14-10/h10,12-13H,1-9H2. The fourth-order valence-corrected chi connectivity index (χ4v) is 2.47. The Bertz CT molecular complexity index is 172. The van der Waals surface area contributed by atoms with Gasteiger partial charge in [0.25, 0.3) is 0 Å². The van der Waals surface area contributed by atoms with Crippen LogP contribution in [0.3, 0.4) is 0 Å². The van der Waals surface area contributed by atoms with Crippen molar-refractivity contribution in [2.24, 2.45) is 0 Å². The fourth-order valence-electron chi connectivity index (χ4n) is 2.47. The van der Waals surface area contributed by atoms with E-state index >= 15 is 0 Å². The van der Waals surface area contributed by atoms with Gasteiger partial charge in [-0.25, -0.2) is 0 Å². The number of rotatable bonds is 3. The van der Waals surface area contributed by atoms with Crippen LogP contribution in [-0.2, 0) is 4.74 Å². The van der Waals surface area contributed by atoms with E-state index in [0.717, 1.165) is 45.4 Å². The summed E-state index contributed by atoms with van der Waals surface area (Å²) < 4.78 is 5.56. The van der Waals surface area contributed by atoms with Crippen molar-refractivity contribution >= 4 is 0 Å². The topological polar surface area (TPSA) is 41.5 Å². The maximum atomic E-state index is 10.2. The lowest BCUT2D eigenvalue weighted by molar-refractivity contribution is -0.00758. The molecule has 0 aromatic rings. The highest BCUT2D eigenvalue weighted by molar-refractivity contribution is 4.86. The van der Waals surface area contributed by atoms with Gasteiger partial charge in [-0.2, -0.15) is 0 Å². The van der Waals surface area contributed by atoms with Crippen LogP contribution < -0.4 is 5.32 Å². The second kappa shape index (κ2) is 4.60. The molecule has 2 aliphatic heterocycles. The lowest BCUT2D eigenvalue weighted by Gasteiger charge is -2.33. The molecule has 3 nitrogen and oxygen atoms in total. The summed E-state index contributed by atoms with van der Waals surface area (Å²) in [6.07, 6.45) is 6.77. The van der Waals surface area contributed by atoms with Crippen molar-refractivity contribution in [1.29, 1.82) is 0 Å². The predicted molar refractivity (Wildman–Crippen MR) is 55.3 cm³/mol. The fraction of sp³-hybridized carbons (Fsp3) is 1.00. The van der Waals surface area contributed by atoms with Gasteiger partial charge in [0.2, 0.25) is 0 Å². The molecule has 2 aliphatic rings. The van der Waals surface area contributed by atoms with Gasteiger partial charge in [-0.15, -0.1) is 0 Å². The van der Waals surface area contributed by atoms with Gasteiger partial charge in [0.15, 0.2) is 0 Å². The molecule has 0 aromatic carbocycles. The Morgan fingerprint density at radius 3 is 3.00 bits per heavy atom. The summed E-state index contributed by atoms with van der Waals surface area (Å²) in [7, 11) is 0. The van der Waals surface area contributed by atoms with Gasteiger partial charge in [-0.1, -0.05) is 0 Å². The first-order chi connectivity index (χ1) is 6.79. The first kappa shape index (κ1) is 10.4. The molecule has 0 aliphatic carbocycles. The Kier molecular flexibility index (Phi) is 3.42. The van der Waals surface area contributed by atoms with E-state index in [1.54, 1.807) is 0 Å². The molecule has 2 saturated heterocycles. The average Bonchev–Trinajstić information content (AvgIpc) is 2.69. The van der Waals surface area contributed by atoms with Crippen molar-refractivity contribution in [3.8, 4) is 0 Å². The summed E-state index contributed by atoms with van der Waals surface area (Å²) in [5.41, 5.74) is -0.454. The summed E-state index contributed by atoms with van der Waals surface area (Å²) in [6, 6.07) is 0. The Balaban J connectivity index is 1.72. The Morgan fingerprint density at radius 1 is 1.43 bits per heavy atom. The smallest absolute Gasteiger partial charge is 0.0773 e. The number of hydrogen-bond acceptors (Lipinski definition) is 3. The zero-order valence-electron chi connectivity index (χ0n) is 8.80. The molecule has 0 bridgehead atoms. The van der Waals surface area contributed by atoms with Crippen molar-refractivity contribution in [1.82, 2.24) is 5.32 Å². The predicted octanol–water partition coefficient (Wildman–Crippen LogP) is 1.06. The first-order valence-electron chi connectivity index (χ1n) is 5.83. The molecule has 0 radical (unpaired) electrons. The van der Waals surface area contributed by atoms with E-state index in [4.69, 9.17) is 4.74 Å². The summed E-state index contributed by atoms with van der Waals surface area (Å²) in [5, 5.41) is 13.5. The maximum Gasteiger partial charge on any atom is 0.0773 e. The molecular formula is C11H21NO2. The normalized spacial score (nSPS) is 38.8. The molecule has 2 atom stereocenters. The van der Waals surface area contributed by atoms with Crippen LogP contribution in [0, 0.1) is 0 Å². The van der Waals surface area contributed by atoms with Gasteiger partial charge in [0, 0.05) is 13.2 Å². The molecule has 0 aromatic heterocycles. The Morgan fingerprint density at radius 2 is 2.36 bits per heavy atom. The summed E-state index contributed by atoms with van der Waals surface area (Å²) in [5.74, 6) is 0. The molecule has 2 unspecified atom stereocenters. The van der Waals surface area contributed by atoms with Crippen molar-refractivity contribution in [2.75, 3.05) is 19.7 Å². The first-order valence-corrected chi connectivity index (χ1v) is 5.83. The zero-order chi connectivity index (χ0) is 9.86. The minimum absolute atomic E-state index is 0.418. The van der Waals surface area contributed by atoms with Crippen LogP contribution in [0.25, 0.3) is 0 Å². The third-order valence-electron chi connectivity index (χ3n) is 3.41. The van der Waals surface area contributed by atoms with Crippen molar-refractivity contribution in [3.63, 3.8) is 0 Å². The lowest BCUT2D eigenvalue weighted by Crippen LogP contribution is -2.45. The maximum absolute atomic E-state index is 10.2. The van der Waals surface area contributed by atoms with Crippen LogP contribution in [0.1, 0.15) is 38.5 Å². The Hall–Kier alpha value is -0.120. The Labute approximate surface area is 85.8 Å². The molecule has 2 heterocycles. The molecule has 0 saturated carbocycles. The van der Waals surface area contributed by atoms with Crippen LogP contribution in [0.4, 0.5) is 0 Å². The molecule has 82 valence electrons. The number of nitrogens with one attached hydrogen (secondary N) is 1. The van der Waals surface area contributed by atoms with E-state index in [1.807, 2.05) is 0 Å². The minimum atomic E-state index is -0.454. The minimum Gasteiger partial charge on any atom is -0.389 e. The second-order valence-electron chi connectivity index (χ2n) is 4.68. The summed E-state index contributed by atoms with van der Waals surface area (Å²) in [4.78, 5) is 0. The van der Waals surface area contributed by atoms with E-state index in [2.05, 4.69) is 5.32 Å². The van der Waals surface area contributed by atoms with E-state index < -0.39 is 5.60 Å². The molecule has 3 heteroatoms. The van der Waals surface area contributed by atoms with E-state index in [9.17, 15) is 5.11 Å². The second-order valence-corrected chi connectivity index (χ2v) is 4.68. The largest absolute Gasteiger partial charge is 0.389 e. The highest BCUT2D eigenvalue weighted by atomic mass is 16.5. The molecule has 2 N–H and O–H groups in total. The lowest BCUT2D eigenvalue weighted by atomic mass is 9.88. The van der Waals surface area contributed by atoms with Crippen molar-refractivity contribution in [2.45, 2.75) is 50.2 Å². The van der Waals surface area contributed by atoms with Crippen LogP contribution in [0.2, 0.25) is 0 Å². The number of piperidine rings is 1. The van der Waals surface area contributed by atoms with Gasteiger partial charge < -0.3 is 15.2 Å². The third kappa shape index (κ3) is 2.69. The molecule has 2 fully saturated rings. The van der Waals surface area contributed by atoms with Gasteiger partial charge in [0.05, 0.1) is 11.7 Å². The molecule has 0 amide bonds. The van der Waals surface area contributed by atoms with Crippen molar-refractivity contribution < 1.29 is 9.84 Å². The third-order valence-corrected chi connectivity index (χ3v) is 3.41. The number of hydrogen-bond donors (Lipinski definition) is 2. The van der Waals surface area contributed by atoms with Gasteiger partial charge in [0.1, 0.15) is 0 Å². The van der Waals surface area contributed by atoms with E-state index in [0.29, 0.717) is 6.10 Å². The SMILES string of the molecule is OC1(CCC2CCCO2)CCCNC1. The molecular weight excluding hydrogens is 178 g/mol. The van der Waals surface area contributed by atoms with Crippen molar-refractivity contribution in [3.05, 3.63) is 0 Å². The van der Waals surface area contributed by atoms with Gasteiger partial charge in [-0.3, -0.25) is 0 Å². The summed E-state index contributed by atoms with van der Waals surface area (Å²) in [6.45, 7) is 2.74. The zero-order valence-corrected chi connectivity index (χ0v) is 8.80. The van der Waals surface area contributed by atoms with Gasteiger partial charge in [-0.05, 0) is 45.1 Å². The summed E-state index contributed by atoms with van der Waals surface area (Å²) >= 11 is 0. The molecule has 14 heavy (non-hydrogen) atoms. The van der Waals surface area contributed by atoms with Crippen LogP contribution in [0.15, 0.2) is 0 Å². The number of ether oxygens (including phenoxy) is 1. The molecule has 0 spiro atoms. The van der Waals surface area contributed by atoms with E-state index in [-0.39, 0.29) is 0 Å².